The fraction of sp³-hybridized carbons (Fsp3) is 0.947. The standard InChI is InChI=1S/C19H32N2O7/c1-18(2)25-14-13(12(22)9-20-21-8-6-7-11(21)10-23-5)24-17-16(15(14)26-18)27-19(3,4)28-17/h9,11-17,22H,6-8,10H2,1-5H3/b20-9+/t11-,12-,13-,14+,15+,16-,17-/m1/s1. The van der Waals surface area contributed by atoms with Crippen LogP contribution in [0.5, 0.6) is 0 Å². The summed E-state index contributed by atoms with van der Waals surface area (Å²) in [6.45, 7) is 8.82. The SMILES string of the molecule is COC[C@H]1CCCN1/N=C/[C@@H](O)[C@H]1O[C@@H]2OC(C)(C)O[C@@H]2[C@H]2OC(C)(C)O[C@H]21. The van der Waals surface area contributed by atoms with Gasteiger partial charge < -0.3 is 33.5 Å². The van der Waals surface area contributed by atoms with Crippen molar-refractivity contribution in [2.75, 3.05) is 20.3 Å². The van der Waals surface area contributed by atoms with Gasteiger partial charge in [0.1, 0.15) is 30.5 Å². The molecule has 0 bridgehead atoms. The first-order chi connectivity index (χ1) is 13.2. The molecule has 160 valence electrons. The Bertz CT molecular complexity index is 599. The van der Waals surface area contributed by atoms with Crippen LogP contribution in [-0.2, 0) is 28.4 Å². The Balaban J connectivity index is 1.49. The van der Waals surface area contributed by atoms with Crippen molar-refractivity contribution < 1.29 is 33.5 Å². The monoisotopic (exact) mass is 400 g/mol. The predicted octanol–water partition coefficient (Wildman–Crippen LogP) is 0.840. The predicted molar refractivity (Wildman–Crippen MR) is 98.6 cm³/mol. The van der Waals surface area contributed by atoms with Crippen LogP contribution < -0.4 is 0 Å². The van der Waals surface area contributed by atoms with Gasteiger partial charge in [-0.3, -0.25) is 5.01 Å². The van der Waals surface area contributed by atoms with Crippen molar-refractivity contribution in [3.05, 3.63) is 0 Å². The number of ether oxygens (including phenoxy) is 6. The van der Waals surface area contributed by atoms with Gasteiger partial charge in [-0.15, -0.1) is 0 Å². The highest BCUT2D eigenvalue weighted by atomic mass is 16.9. The van der Waals surface area contributed by atoms with Crippen molar-refractivity contribution in [3.8, 4) is 0 Å². The lowest BCUT2D eigenvalue weighted by Gasteiger charge is -2.38. The second kappa shape index (κ2) is 7.46. The lowest BCUT2D eigenvalue weighted by Crippen LogP contribution is -2.58. The van der Waals surface area contributed by atoms with Crippen LogP contribution in [0.15, 0.2) is 5.10 Å². The quantitative estimate of drug-likeness (QED) is 0.679. The molecular formula is C19H32N2O7. The molecule has 0 aromatic heterocycles. The molecule has 0 saturated carbocycles. The number of hydrogen-bond donors (Lipinski definition) is 1. The Kier molecular flexibility index (Phi) is 5.45. The summed E-state index contributed by atoms with van der Waals surface area (Å²) in [5.74, 6) is -1.58. The van der Waals surface area contributed by atoms with E-state index < -0.39 is 48.4 Å². The van der Waals surface area contributed by atoms with Crippen LogP contribution >= 0.6 is 0 Å². The average molecular weight is 400 g/mol. The smallest absolute Gasteiger partial charge is 0.190 e. The number of hydrogen-bond acceptors (Lipinski definition) is 9. The molecule has 4 saturated heterocycles. The summed E-state index contributed by atoms with van der Waals surface area (Å²) in [5, 5.41) is 17.3. The van der Waals surface area contributed by atoms with E-state index in [1.807, 2.05) is 32.7 Å². The third-order valence-corrected chi connectivity index (χ3v) is 5.60. The third kappa shape index (κ3) is 3.94. The molecule has 0 aromatic carbocycles. The number of rotatable bonds is 5. The van der Waals surface area contributed by atoms with Crippen LogP contribution in [0.25, 0.3) is 0 Å². The van der Waals surface area contributed by atoms with E-state index in [1.165, 1.54) is 6.21 Å². The van der Waals surface area contributed by atoms with Crippen LogP contribution in [0.4, 0.5) is 0 Å². The highest BCUT2D eigenvalue weighted by Gasteiger charge is 2.61. The van der Waals surface area contributed by atoms with Crippen LogP contribution in [0.2, 0.25) is 0 Å². The second-order valence-electron chi connectivity index (χ2n) is 8.80. The Morgan fingerprint density at radius 3 is 2.54 bits per heavy atom. The summed E-state index contributed by atoms with van der Waals surface area (Å²) in [6, 6.07) is 0.232. The third-order valence-electron chi connectivity index (χ3n) is 5.60. The molecule has 4 fully saturated rings. The van der Waals surface area contributed by atoms with Crippen LogP contribution in [0.1, 0.15) is 40.5 Å². The van der Waals surface area contributed by atoms with E-state index in [-0.39, 0.29) is 6.04 Å². The molecule has 9 nitrogen and oxygen atoms in total. The maximum absolute atomic E-state index is 10.9. The van der Waals surface area contributed by atoms with Crippen molar-refractivity contribution in [1.82, 2.24) is 5.01 Å². The zero-order valence-electron chi connectivity index (χ0n) is 17.2. The van der Waals surface area contributed by atoms with Gasteiger partial charge in [0.2, 0.25) is 0 Å². The Labute approximate surface area is 165 Å². The van der Waals surface area contributed by atoms with E-state index in [4.69, 9.17) is 28.4 Å². The van der Waals surface area contributed by atoms with Gasteiger partial charge in [-0.2, -0.15) is 5.10 Å². The molecule has 4 aliphatic rings. The Morgan fingerprint density at radius 2 is 1.79 bits per heavy atom. The molecule has 9 heteroatoms. The Hall–Kier alpha value is -0.810. The van der Waals surface area contributed by atoms with E-state index in [0.29, 0.717) is 6.61 Å². The molecule has 0 unspecified atom stereocenters. The molecule has 1 N–H and O–H groups in total. The topological polar surface area (TPSA) is 91.2 Å². The fourth-order valence-corrected chi connectivity index (χ4v) is 4.49. The zero-order chi connectivity index (χ0) is 20.1. The number of aliphatic hydroxyl groups excluding tert-OH is 1. The van der Waals surface area contributed by atoms with Crippen LogP contribution in [0.3, 0.4) is 0 Å². The van der Waals surface area contributed by atoms with Gasteiger partial charge in [0, 0.05) is 13.7 Å². The minimum absolute atomic E-state index is 0.232. The second-order valence-corrected chi connectivity index (χ2v) is 8.80. The maximum atomic E-state index is 10.9. The van der Waals surface area contributed by atoms with Gasteiger partial charge in [0.05, 0.1) is 18.9 Å². The minimum Gasteiger partial charge on any atom is -0.385 e. The van der Waals surface area contributed by atoms with Gasteiger partial charge in [0.25, 0.3) is 0 Å². The van der Waals surface area contributed by atoms with Gasteiger partial charge in [0.15, 0.2) is 17.9 Å². The molecular weight excluding hydrogens is 368 g/mol. The first-order valence-corrected chi connectivity index (χ1v) is 10.0. The highest BCUT2D eigenvalue weighted by molar-refractivity contribution is 5.63. The molecule has 0 radical (unpaired) electrons. The molecule has 0 spiro atoms. The molecule has 4 rings (SSSR count). The van der Waals surface area contributed by atoms with Gasteiger partial charge in [-0.1, -0.05) is 0 Å². The van der Waals surface area contributed by atoms with E-state index in [0.717, 1.165) is 19.4 Å². The molecule has 0 aromatic rings. The lowest BCUT2D eigenvalue weighted by atomic mass is 9.96. The van der Waals surface area contributed by atoms with Gasteiger partial charge >= 0.3 is 0 Å². The molecule has 4 aliphatic heterocycles. The number of hydrazone groups is 1. The van der Waals surface area contributed by atoms with Crippen molar-refractivity contribution in [3.63, 3.8) is 0 Å². The minimum atomic E-state index is -0.970. The average Bonchev–Trinajstić information content (AvgIpc) is 3.25. The number of nitrogens with zero attached hydrogens (tertiary/aromatic N) is 2. The summed E-state index contributed by atoms with van der Waals surface area (Å²) in [5.41, 5.74) is 0. The fourth-order valence-electron chi connectivity index (χ4n) is 4.49. The molecule has 7 atom stereocenters. The van der Waals surface area contributed by atoms with Gasteiger partial charge in [-0.25, -0.2) is 0 Å². The Morgan fingerprint density at radius 1 is 1.11 bits per heavy atom. The van der Waals surface area contributed by atoms with Gasteiger partial charge in [-0.05, 0) is 40.5 Å². The number of methoxy groups -OCH3 is 1. The largest absolute Gasteiger partial charge is 0.385 e. The molecule has 0 amide bonds. The first-order valence-electron chi connectivity index (χ1n) is 10.0. The normalized spacial score (nSPS) is 42.7. The number of aliphatic hydroxyl groups is 1. The summed E-state index contributed by atoms with van der Waals surface area (Å²) < 4.78 is 35.3. The van der Waals surface area contributed by atoms with E-state index in [1.54, 1.807) is 7.11 Å². The summed E-state index contributed by atoms with van der Waals surface area (Å²) >= 11 is 0. The van der Waals surface area contributed by atoms with E-state index in [9.17, 15) is 5.11 Å². The molecule has 0 aliphatic carbocycles. The van der Waals surface area contributed by atoms with Crippen molar-refractivity contribution >= 4 is 6.21 Å². The zero-order valence-corrected chi connectivity index (χ0v) is 17.2. The first kappa shape index (κ1) is 20.5. The lowest BCUT2D eigenvalue weighted by molar-refractivity contribution is -0.245. The van der Waals surface area contributed by atoms with Crippen molar-refractivity contribution in [2.45, 2.75) is 95.0 Å². The summed E-state index contributed by atoms with van der Waals surface area (Å²) in [7, 11) is 1.69. The summed E-state index contributed by atoms with van der Waals surface area (Å²) in [6.07, 6.45) is 0.0511. The molecule has 4 heterocycles. The maximum Gasteiger partial charge on any atom is 0.190 e. The van der Waals surface area contributed by atoms with E-state index in [2.05, 4.69) is 5.10 Å². The van der Waals surface area contributed by atoms with Crippen LogP contribution in [-0.4, -0.2) is 91.0 Å². The number of fused-ring (bicyclic) bond motifs is 3. The summed E-state index contributed by atoms with van der Waals surface area (Å²) in [4.78, 5) is 0. The van der Waals surface area contributed by atoms with Crippen molar-refractivity contribution in [2.24, 2.45) is 5.10 Å². The van der Waals surface area contributed by atoms with Crippen molar-refractivity contribution in [1.29, 1.82) is 0 Å². The van der Waals surface area contributed by atoms with E-state index >= 15 is 0 Å². The highest BCUT2D eigenvalue weighted by Crippen LogP contribution is 2.44. The molecule has 28 heavy (non-hydrogen) atoms. The van der Waals surface area contributed by atoms with Crippen LogP contribution in [0, 0.1) is 0 Å².